The molecule has 3 nitrogen and oxygen atoms in total. The zero-order valence-electron chi connectivity index (χ0n) is 9.23. The Morgan fingerprint density at radius 1 is 1.26 bits per heavy atom. The fraction of sp³-hybridized carbons (Fsp3) is 0. The van der Waals surface area contributed by atoms with Gasteiger partial charge in [0.1, 0.15) is 16.4 Å². The standard InChI is InChI=1S/C12H5BrClFN2OS/c13-8-2-1-6(15)5-9(8)18-10-7-3-4-19-11(7)17-12(14)16-10/h1-5H. The van der Waals surface area contributed by atoms with Crippen LogP contribution in [-0.4, -0.2) is 9.97 Å². The molecule has 0 aliphatic carbocycles. The number of fused-ring (bicyclic) bond motifs is 1. The minimum absolute atomic E-state index is 0.0949. The second-order valence-electron chi connectivity index (χ2n) is 3.61. The Hall–Kier alpha value is -1.24. The Kier molecular flexibility index (Phi) is 3.38. The number of halogens is 3. The molecular formula is C12H5BrClFN2OS. The van der Waals surface area contributed by atoms with Crippen LogP contribution in [0.25, 0.3) is 10.2 Å². The summed E-state index contributed by atoms with van der Waals surface area (Å²) in [6.07, 6.45) is 0. The maximum atomic E-state index is 13.2. The highest BCUT2D eigenvalue weighted by molar-refractivity contribution is 9.10. The Balaban J connectivity index is 2.10. The summed E-state index contributed by atoms with van der Waals surface area (Å²) in [5.74, 6) is 0.254. The van der Waals surface area contributed by atoms with Crippen molar-refractivity contribution in [3.8, 4) is 11.6 Å². The van der Waals surface area contributed by atoms with Crippen LogP contribution in [0.15, 0.2) is 34.1 Å². The van der Waals surface area contributed by atoms with Gasteiger partial charge in [-0.15, -0.1) is 11.3 Å². The molecule has 0 aliphatic heterocycles. The molecule has 0 fully saturated rings. The molecule has 96 valence electrons. The summed E-state index contributed by atoms with van der Waals surface area (Å²) in [6.45, 7) is 0. The van der Waals surface area contributed by atoms with Crippen molar-refractivity contribution in [3.05, 3.63) is 45.2 Å². The van der Waals surface area contributed by atoms with Crippen LogP contribution < -0.4 is 4.74 Å². The van der Waals surface area contributed by atoms with E-state index in [1.54, 1.807) is 6.07 Å². The van der Waals surface area contributed by atoms with Crippen LogP contribution in [0.2, 0.25) is 5.28 Å². The van der Waals surface area contributed by atoms with Crippen LogP contribution in [0, 0.1) is 5.82 Å². The number of hydrogen-bond donors (Lipinski definition) is 0. The molecule has 7 heteroatoms. The van der Waals surface area contributed by atoms with Crippen LogP contribution >= 0.6 is 38.9 Å². The van der Waals surface area contributed by atoms with E-state index in [1.165, 1.54) is 23.5 Å². The molecule has 0 saturated carbocycles. The molecule has 0 unspecified atom stereocenters. The first-order chi connectivity index (χ1) is 9.13. The number of thiophene rings is 1. The predicted molar refractivity (Wildman–Crippen MR) is 76.6 cm³/mol. The summed E-state index contributed by atoms with van der Waals surface area (Å²) in [7, 11) is 0. The van der Waals surface area contributed by atoms with Gasteiger partial charge in [-0.1, -0.05) is 0 Å². The molecule has 3 rings (SSSR count). The molecule has 0 saturated heterocycles. The lowest BCUT2D eigenvalue weighted by Crippen LogP contribution is -1.92. The fourth-order valence-corrected chi connectivity index (χ4v) is 2.83. The summed E-state index contributed by atoms with van der Waals surface area (Å²) in [5, 5.41) is 2.70. The van der Waals surface area contributed by atoms with Gasteiger partial charge in [-0.25, -0.2) is 9.37 Å². The van der Waals surface area contributed by atoms with Gasteiger partial charge in [-0.05, 0) is 51.1 Å². The number of ether oxygens (including phenoxy) is 1. The summed E-state index contributed by atoms with van der Waals surface area (Å²) in [4.78, 5) is 8.84. The number of hydrogen-bond acceptors (Lipinski definition) is 4. The van der Waals surface area contributed by atoms with Crippen molar-refractivity contribution in [2.45, 2.75) is 0 Å². The van der Waals surface area contributed by atoms with Crippen molar-refractivity contribution in [2.75, 3.05) is 0 Å². The number of nitrogens with zero attached hydrogens (tertiary/aromatic N) is 2. The number of aromatic nitrogens is 2. The summed E-state index contributed by atoms with van der Waals surface area (Å²) >= 11 is 10.6. The zero-order valence-corrected chi connectivity index (χ0v) is 12.4. The highest BCUT2D eigenvalue weighted by Crippen LogP contribution is 2.34. The molecule has 0 amide bonds. The van der Waals surface area contributed by atoms with E-state index in [-0.39, 0.29) is 11.1 Å². The third kappa shape index (κ3) is 2.56. The molecule has 0 radical (unpaired) electrons. The second kappa shape index (κ2) is 5.03. The van der Waals surface area contributed by atoms with E-state index in [0.29, 0.717) is 16.1 Å². The molecule has 2 heterocycles. The van der Waals surface area contributed by atoms with Crippen molar-refractivity contribution in [1.29, 1.82) is 0 Å². The van der Waals surface area contributed by atoms with E-state index >= 15 is 0 Å². The topological polar surface area (TPSA) is 35.0 Å². The van der Waals surface area contributed by atoms with Crippen LogP contribution in [0.1, 0.15) is 0 Å². The summed E-state index contributed by atoms with van der Waals surface area (Å²) in [5.41, 5.74) is 0. The summed E-state index contributed by atoms with van der Waals surface area (Å²) in [6, 6.07) is 6.01. The van der Waals surface area contributed by atoms with Gasteiger partial charge in [0.2, 0.25) is 11.2 Å². The lowest BCUT2D eigenvalue weighted by molar-refractivity contribution is 0.460. The number of rotatable bonds is 2. The minimum Gasteiger partial charge on any atom is -0.437 e. The van der Waals surface area contributed by atoms with Crippen molar-refractivity contribution in [1.82, 2.24) is 9.97 Å². The maximum Gasteiger partial charge on any atom is 0.232 e. The molecule has 3 aromatic rings. The van der Waals surface area contributed by atoms with E-state index in [2.05, 4.69) is 25.9 Å². The molecule has 1 aromatic carbocycles. The molecule has 0 bridgehead atoms. The van der Waals surface area contributed by atoms with Gasteiger partial charge < -0.3 is 4.74 Å². The van der Waals surface area contributed by atoms with E-state index in [1.807, 2.05) is 11.4 Å². The SMILES string of the molecule is Fc1ccc(Br)c(Oc2nc(Cl)nc3sccc23)c1. The highest BCUT2D eigenvalue weighted by Gasteiger charge is 2.12. The lowest BCUT2D eigenvalue weighted by Gasteiger charge is -2.08. The molecular weight excluding hydrogens is 355 g/mol. The van der Waals surface area contributed by atoms with Gasteiger partial charge in [0.25, 0.3) is 0 Å². The molecule has 0 spiro atoms. The molecule has 0 N–H and O–H groups in total. The number of benzene rings is 1. The minimum atomic E-state index is -0.389. The van der Waals surface area contributed by atoms with E-state index in [0.717, 1.165) is 10.2 Å². The van der Waals surface area contributed by atoms with Crippen LogP contribution in [-0.2, 0) is 0 Å². The average molecular weight is 360 g/mol. The monoisotopic (exact) mass is 358 g/mol. The maximum absolute atomic E-state index is 13.2. The fourth-order valence-electron chi connectivity index (χ4n) is 1.54. The van der Waals surface area contributed by atoms with E-state index < -0.39 is 0 Å². The average Bonchev–Trinajstić information content (AvgIpc) is 2.82. The van der Waals surface area contributed by atoms with E-state index in [4.69, 9.17) is 16.3 Å². The second-order valence-corrected chi connectivity index (χ2v) is 5.70. The third-order valence-electron chi connectivity index (χ3n) is 2.36. The van der Waals surface area contributed by atoms with Gasteiger partial charge in [0, 0.05) is 6.07 Å². The Bertz CT molecular complexity index is 765. The van der Waals surface area contributed by atoms with Gasteiger partial charge in [-0.3, -0.25) is 0 Å². The smallest absolute Gasteiger partial charge is 0.232 e. The molecule has 0 aliphatic rings. The third-order valence-corrected chi connectivity index (χ3v) is 3.99. The predicted octanol–water partition coefficient (Wildman–Crippen LogP) is 5.04. The van der Waals surface area contributed by atoms with Crippen LogP contribution in [0.5, 0.6) is 11.6 Å². The first kappa shape index (κ1) is 12.8. The van der Waals surface area contributed by atoms with Gasteiger partial charge in [0.15, 0.2) is 0 Å². The zero-order chi connectivity index (χ0) is 13.4. The largest absolute Gasteiger partial charge is 0.437 e. The van der Waals surface area contributed by atoms with Crippen molar-refractivity contribution in [3.63, 3.8) is 0 Å². The van der Waals surface area contributed by atoms with Crippen LogP contribution in [0.3, 0.4) is 0 Å². The summed E-state index contributed by atoms with van der Waals surface area (Å²) < 4.78 is 19.5. The molecule has 2 aromatic heterocycles. The van der Waals surface area contributed by atoms with Gasteiger partial charge >= 0.3 is 0 Å². The Morgan fingerprint density at radius 3 is 2.95 bits per heavy atom. The van der Waals surface area contributed by atoms with E-state index in [9.17, 15) is 4.39 Å². The Morgan fingerprint density at radius 2 is 2.11 bits per heavy atom. The van der Waals surface area contributed by atoms with Gasteiger partial charge in [-0.2, -0.15) is 4.98 Å². The molecule has 0 atom stereocenters. The lowest BCUT2D eigenvalue weighted by atomic mass is 10.3. The van der Waals surface area contributed by atoms with Crippen LogP contribution in [0.4, 0.5) is 4.39 Å². The van der Waals surface area contributed by atoms with Gasteiger partial charge in [0.05, 0.1) is 9.86 Å². The quantitative estimate of drug-likeness (QED) is 0.601. The molecule has 19 heavy (non-hydrogen) atoms. The normalized spacial score (nSPS) is 10.9. The van der Waals surface area contributed by atoms with Crippen molar-refractivity contribution in [2.24, 2.45) is 0 Å². The first-order valence-corrected chi connectivity index (χ1v) is 7.22. The first-order valence-electron chi connectivity index (χ1n) is 5.17. The van der Waals surface area contributed by atoms with Crippen molar-refractivity contribution < 1.29 is 9.13 Å². The van der Waals surface area contributed by atoms with Crippen molar-refractivity contribution >= 4 is 49.1 Å². The Labute approximate surface area is 125 Å². The highest BCUT2D eigenvalue weighted by atomic mass is 79.9.